The lowest BCUT2D eigenvalue weighted by Crippen LogP contribution is -2.31. The highest BCUT2D eigenvalue weighted by Gasteiger charge is 2.24. The number of para-hydroxylation sites is 1. The van der Waals surface area contributed by atoms with Crippen molar-refractivity contribution in [3.8, 4) is 0 Å². The minimum absolute atomic E-state index is 0.0683. The molecule has 1 aliphatic heterocycles. The highest BCUT2D eigenvalue weighted by molar-refractivity contribution is 6.45. The fraction of sp³-hybridized carbons (Fsp3) is 0.130. The van der Waals surface area contributed by atoms with Crippen LogP contribution in [-0.2, 0) is 25.6 Å². The van der Waals surface area contributed by atoms with Crippen molar-refractivity contribution < 1.29 is 28.7 Å². The Morgan fingerprint density at radius 3 is 2.52 bits per heavy atom. The Bertz CT molecular complexity index is 1240. The van der Waals surface area contributed by atoms with Gasteiger partial charge in [0.15, 0.2) is 0 Å². The Balaban J connectivity index is 1.60. The number of hydrogen-bond acceptors (Lipinski definition) is 6. The van der Waals surface area contributed by atoms with Crippen LogP contribution in [0.2, 0.25) is 0 Å². The maximum absolute atomic E-state index is 12.8. The van der Waals surface area contributed by atoms with Gasteiger partial charge in [-0.1, -0.05) is 30.3 Å². The summed E-state index contributed by atoms with van der Waals surface area (Å²) in [5.74, 6) is -2.52. The highest BCUT2D eigenvalue weighted by Crippen LogP contribution is 2.23. The molecule has 2 aromatic carbocycles. The number of ketones is 1. The number of carbonyl (C=O) groups is 4. The number of aromatic nitrogens is 1. The van der Waals surface area contributed by atoms with Crippen molar-refractivity contribution in [2.45, 2.75) is 6.54 Å². The van der Waals surface area contributed by atoms with Gasteiger partial charge in [0.1, 0.15) is 6.61 Å². The van der Waals surface area contributed by atoms with Gasteiger partial charge >= 0.3 is 11.9 Å². The van der Waals surface area contributed by atoms with Crippen LogP contribution in [0, 0.1) is 0 Å². The number of benzene rings is 2. The quantitative estimate of drug-likeness (QED) is 0.374. The van der Waals surface area contributed by atoms with Crippen LogP contribution in [0.25, 0.3) is 10.9 Å². The van der Waals surface area contributed by atoms with E-state index >= 15 is 0 Å². The zero-order valence-electron chi connectivity index (χ0n) is 16.6. The number of nitrogens with zero attached hydrogens (tertiary/aromatic N) is 1. The van der Waals surface area contributed by atoms with Gasteiger partial charge in [0.25, 0.3) is 11.7 Å². The van der Waals surface area contributed by atoms with E-state index in [4.69, 9.17) is 9.47 Å². The number of amides is 1. The lowest BCUT2D eigenvalue weighted by molar-refractivity contribution is -0.135. The lowest BCUT2D eigenvalue weighted by Gasteiger charge is -2.06. The number of nitrogens with one attached hydrogen (secondary N) is 1. The van der Waals surface area contributed by atoms with Crippen LogP contribution in [0.3, 0.4) is 0 Å². The van der Waals surface area contributed by atoms with E-state index in [-0.39, 0.29) is 17.9 Å². The summed E-state index contributed by atoms with van der Waals surface area (Å²) < 4.78 is 11.3. The van der Waals surface area contributed by atoms with Gasteiger partial charge in [-0.2, -0.15) is 0 Å². The van der Waals surface area contributed by atoms with Crippen molar-refractivity contribution in [2.75, 3.05) is 13.7 Å². The van der Waals surface area contributed by atoms with Gasteiger partial charge in [-0.3, -0.25) is 9.59 Å². The zero-order chi connectivity index (χ0) is 22.0. The second-order valence-corrected chi connectivity index (χ2v) is 6.94. The largest absolute Gasteiger partial charge is 0.465 e. The van der Waals surface area contributed by atoms with Gasteiger partial charge in [0, 0.05) is 29.7 Å². The van der Waals surface area contributed by atoms with Crippen LogP contribution in [-0.4, -0.2) is 41.9 Å². The predicted molar refractivity (Wildman–Crippen MR) is 110 cm³/mol. The molecule has 0 atom stereocenters. The number of methoxy groups -OCH3 is 1. The molecule has 8 nitrogen and oxygen atoms in total. The van der Waals surface area contributed by atoms with Crippen LogP contribution >= 0.6 is 0 Å². The van der Waals surface area contributed by atoms with E-state index in [0.717, 1.165) is 17.2 Å². The Kier molecular flexibility index (Phi) is 5.36. The molecular formula is C23H18N2O6. The third-order valence-electron chi connectivity index (χ3n) is 4.90. The smallest absolute Gasteiger partial charge is 0.337 e. The van der Waals surface area contributed by atoms with E-state index in [1.165, 1.54) is 7.11 Å². The lowest BCUT2D eigenvalue weighted by atomic mass is 10.1. The predicted octanol–water partition coefficient (Wildman–Crippen LogP) is 2.22. The van der Waals surface area contributed by atoms with Gasteiger partial charge in [-0.25, -0.2) is 9.59 Å². The average Bonchev–Trinajstić information content (AvgIpc) is 3.36. The molecule has 156 valence electrons. The number of fused-ring (bicyclic) bond motifs is 1. The molecule has 4 rings (SSSR count). The van der Waals surface area contributed by atoms with Crippen LogP contribution in [0.1, 0.15) is 26.3 Å². The Morgan fingerprint density at radius 1 is 1.10 bits per heavy atom. The summed E-state index contributed by atoms with van der Waals surface area (Å²) in [6, 6.07) is 14.2. The Hall–Kier alpha value is -4.20. The fourth-order valence-corrected chi connectivity index (χ4v) is 3.39. The molecule has 0 aliphatic carbocycles. The monoisotopic (exact) mass is 418 g/mol. The summed E-state index contributed by atoms with van der Waals surface area (Å²) >= 11 is 0. The molecule has 1 aromatic heterocycles. The number of esters is 2. The van der Waals surface area contributed by atoms with E-state index in [1.807, 2.05) is 16.7 Å². The second-order valence-electron chi connectivity index (χ2n) is 6.94. The topological polar surface area (TPSA) is 104 Å². The van der Waals surface area contributed by atoms with E-state index in [1.54, 1.807) is 42.6 Å². The summed E-state index contributed by atoms with van der Waals surface area (Å²) in [5, 5.41) is 3.07. The maximum atomic E-state index is 12.8. The third kappa shape index (κ3) is 4.09. The first kappa shape index (κ1) is 20.1. The van der Waals surface area contributed by atoms with Gasteiger partial charge < -0.3 is 19.4 Å². The van der Waals surface area contributed by atoms with Crippen molar-refractivity contribution in [3.05, 3.63) is 83.2 Å². The van der Waals surface area contributed by atoms with Gasteiger partial charge in [0.05, 0.1) is 23.9 Å². The summed E-state index contributed by atoms with van der Waals surface area (Å²) in [4.78, 5) is 48.0. The molecule has 0 spiro atoms. The maximum Gasteiger partial charge on any atom is 0.337 e. The molecule has 0 saturated heterocycles. The summed E-state index contributed by atoms with van der Waals surface area (Å²) in [5.41, 5.74) is 2.64. The van der Waals surface area contributed by atoms with Crippen LogP contribution in [0.4, 0.5) is 0 Å². The molecule has 0 fully saturated rings. The normalized spacial score (nSPS) is 12.9. The molecule has 0 unspecified atom stereocenters. The van der Waals surface area contributed by atoms with Crippen LogP contribution in [0.15, 0.2) is 66.5 Å². The van der Waals surface area contributed by atoms with E-state index in [2.05, 4.69) is 5.32 Å². The number of hydrogen-bond donors (Lipinski definition) is 1. The molecule has 0 bridgehead atoms. The van der Waals surface area contributed by atoms with Crippen LogP contribution in [0.5, 0.6) is 0 Å². The minimum atomic E-state index is -0.838. The Morgan fingerprint density at radius 2 is 1.84 bits per heavy atom. The first-order chi connectivity index (χ1) is 15.0. The van der Waals surface area contributed by atoms with Gasteiger partial charge in [0.2, 0.25) is 0 Å². The van der Waals surface area contributed by atoms with Gasteiger partial charge in [-0.15, -0.1) is 0 Å². The summed E-state index contributed by atoms with van der Waals surface area (Å²) in [6.07, 6.45) is 2.78. The summed E-state index contributed by atoms with van der Waals surface area (Å²) in [7, 11) is 1.32. The Labute approximate surface area is 177 Å². The van der Waals surface area contributed by atoms with Crippen molar-refractivity contribution >= 4 is 34.5 Å². The standard InChI is InChI=1S/C23H18N2O6/c1-30-23(29)15-8-6-14(7-9-15)11-25-12-18(17-4-2-3-5-19(17)25)21(27)22(28)24-16-10-20(26)31-13-16/h2-10,12H,11,13H2,1H3,(H,24,28). The zero-order valence-corrected chi connectivity index (χ0v) is 16.6. The first-order valence-electron chi connectivity index (χ1n) is 9.44. The molecule has 8 heteroatoms. The SMILES string of the molecule is COC(=O)c1ccc(Cn2cc(C(=O)C(=O)NC3=CC(=O)OC3)c3ccccc32)cc1. The van der Waals surface area contributed by atoms with Crippen LogP contribution < -0.4 is 5.32 Å². The van der Waals surface area contributed by atoms with Crippen molar-refractivity contribution in [1.82, 2.24) is 9.88 Å². The molecular weight excluding hydrogens is 400 g/mol. The number of cyclic esters (lactones) is 1. The minimum Gasteiger partial charge on any atom is -0.465 e. The molecule has 3 aromatic rings. The molecule has 1 N–H and O–H groups in total. The third-order valence-corrected chi connectivity index (χ3v) is 4.90. The van der Waals surface area contributed by atoms with Crippen molar-refractivity contribution in [1.29, 1.82) is 0 Å². The molecule has 31 heavy (non-hydrogen) atoms. The summed E-state index contributed by atoms with van der Waals surface area (Å²) in [6.45, 7) is 0.367. The molecule has 0 radical (unpaired) electrons. The molecule has 2 heterocycles. The number of carbonyl (C=O) groups excluding carboxylic acids is 4. The highest BCUT2D eigenvalue weighted by atomic mass is 16.5. The molecule has 0 saturated carbocycles. The van der Waals surface area contributed by atoms with E-state index in [9.17, 15) is 19.2 Å². The van der Waals surface area contributed by atoms with Crippen molar-refractivity contribution in [3.63, 3.8) is 0 Å². The fourth-order valence-electron chi connectivity index (χ4n) is 3.39. The van der Waals surface area contributed by atoms with Gasteiger partial charge in [-0.05, 0) is 23.8 Å². The molecule has 1 amide bonds. The van der Waals surface area contributed by atoms with E-state index < -0.39 is 23.6 Å². The first-order valence-corrected chi connectivity index (χ1v) is 9.44. The second kappa shape index (κ2) is 8.27. The van der Waals surface area contributed by atoms with E-state index in [0.29, 0.717) is 17.5 Å². The van der Waals surface area contributed by atoms with Crippen molar-refractivity contribution in [2.24, 2.45) is 0 Å². The number of ether oxygens (including phenoxy) is 2. The average molecular weight is 418 g/mol. The molecule has 1 aliphatic rings. The number of rotatable bonds is 6. The number of Topliss-reactive ketones (excluding diaryl/α,β-unsaturated/α-hetero) is 1.